The molecule has 0 N–H and O–H groups in total. The number of carboxylic acids is 1. The molecule has 0 heterocycles. The van der Waals surface area contributed by atoms with Crippen LogP contribution in [0.25, 0.3) is 0 Å². The first-order valence-electron chi connectivity index (χ1n) is 42.7. The van der Waals surface area contributed by atoms with Crippen molar-refractivity contribution in [2.45, 2.75) is 424 Å². The van der Waals surface area contributed by atoms with Crippen molar-refractivity contribution in [3.63, 3.8) is 0 Å². The van der Waals surface area contributed by atoms with Crippen molar-refractivity contribution < 1.29 is 42.9 Å². The van der Waals surface area contributed by atoms with Crippen LogP contribution in [0.5, 0.6) is 0 Å². The first-order chi connectivity index (χ1) is 48.6. The molecular weight excluding hydrogens is 1220 g/mol. The van der Waals surface area contributed by atoms with Gasteiger partial charge in [-0.2, -0.15) is 0 Å². The number of carboxylic acid groups (broad SMARTS) is 1. The number of esters is 2. The Labute approximate surface area is 614 Å². The molecule has 0 aliphatic carbocycles. The number of unbranched alkanes of at least 4 members (excludes halogenated alkanes) is 51. The van der Waals surface area contributed by atoms with Crippen LogP contribution < -0.4 is 5.11 Å². The van der Waals surface area contributed by atoms with Gasteiger partial charge in [0.25, 0.3) is 0 Å². The second-order valence-corrected chi connectivity index (χ2v) is 30.1. The lowest BCUT2D eigenvalue weighted by molar-refractivity contribution is -0.870. The fourth-order valence-electron chi connectivity index (χ4n) is 12.7. The molecule has 0 fully saturated rings. The molecule has 9 nitrogen and oxygen atoms in total. The van der Waals surface area contributed by atoms with Crippen molar-refractivity contribution in [1.82, 2.24) is 0 Å². The van der Waals surface area contributed by atoms with Crippen LogP contribution in [0.2, 0.25) is 0 Å². The molecule has 0 aliphatic rings. The number of carbonyl (C=O) groups excluding carboxylic acids is 3. The summed E-state index contributed by atoms with van der Waals surface area (Å²) in [7, 11) is 5.95. The predicted molar refractivity (Wildman–Crippen MR) is 426 cm³/mol. The highest BCUT2D eigenvalue weighted by Gasteiger charge is 2.22. The van der Waals surface area contributed by atoms with Gasteiger partial charge in [-0.05, 0) is 70.6 Å². The molecule has 2 atom stereocenters. The molecular formula is C90H163NO8. The van der Waals surface area contributed by atoms with Crippen molar-refractivity contribution in [2.75, 3.05) is 47.5 Å². The zero-order valence-electron chi connectivity index (χ0n) is 66.1. The second-order valence-electron chi connectivity index (χ2n) is 30.1. The van der Waals surface area contributed by atoms with Gasteiger partial charge in [0, 0.05) is 12.8 Å². The van der Waals surface area contributed by atoms with Crippen molar-refractivity contribution in [1.29, 1.82) is 0 Å². The molecule has 9 heteroatoms. The lowest BCUT2D eigenvalue weighted by Gasteiger charge is -2.26. The summed E-state index contributed by atoms with van der Waals surface area (Å²) in [5, 5.41) is 11.9. The predicted octanol–water partition coefficient (Wildman–Crippen LogP) is 26.4. The quantitative estimate of drug-likeness (QED) is 0.0195. The summed E-state index contributed by atoms with van der Waals surface area (Å²) < 4.78 is 22.9. The molecule has 0 aliphatic heterocycles. The van der Waals surface area contributed by atoms with Gasteiger partial charge in [-0.25, -0.2) is 0 Å². The van der Waals surface area contributed by atoms with E-state index >= 15 is 0 Å². The molecule has 99 heavy (non-hydrogen) atoms. The van der Waals surface area contributed by atoms with Gasteiger partial charge < -0.3 is 33.3 Å². The van der Waals surface area contributed by atoms with Gasteiger partial charge in [-0.3, -0.25) is 9.59 Å². The van der Waals surface area contributed by atoms with E-state index in [1.165, 1.54) is 295 Å². The second kappa shape index (κ2) is 80.2. The Morgan fingerprint density at radius 2 is 0.576 bits per heavy atom. The third-order valence-corrected chi connectivity index (χ3v) is 19.2. The zero-order chi connectivity index (χ0) is 71.8. The van der Waals surface area contributed by atoms with E-state index in [0.717, 1.165) is 83.5 Å². The van der Waals surface area contributed by atoms with E-state index in [4.69, 9.17) is 18.9 Å². The fraction of sp³-hybridized carbons (Fsp3) is 0.811. The van der Waals surface area contributed by atoms with Gasteiger partial charge in [0.15, 0.2) is 12.4 Å². The Balaban J connectivity index is 3.96. The summed E-state index contributed by atoms with van der Waals surface area (Å²) in [6.07, 6.45) is 107. The first kappa shape index (κ1) is 95.5. The number of likely N-dealkylation sites (N-methyl/N-ethyl adjacent to an activating group) is 1. The molecule has 0 aromatic rings. The Bertz CT molecular complexity index is 1910. The maximum atomic E-state index is 13.0. The highest BCUT2D eigenvalue weighted by molar-refractivity contribution is 5.70. The van der Waals surface area contributed by atoms with Gasteiger partial charge in [0.2, 0.25) is 0 Å². The Kier molecular flexibility index (Phi) is 77.3. The van der Waals surface area contributed by atoms with Crippen LogP contribution in [-0.4, -0.2) is 82.3 Å². The number of allylic oxidation sites excluding steroid dienone is 14. The molecule has 0 radical (unpaired) electrons. The van der Waals surface area contributed by atoms with E-state index in [2.05, 4.69) is 98.9 Å². The topological polar surface area (TPSA) is 111 Å². The number of ether oxygens (including phenoxy) is 4. The standard InChI is InChI=1S/C90H163NO8/c1-6-8-10-12-14-16-18-20-22-24-26-28-30-32-34-36-38-40-42-43-44-45-47-48-50-52-54-56-58-60-62-64-66-68-70-72-74-76-78-80-87(92)97-84-86(85-98-90(89(94)95)96-83-82-91(3,4)5)99-88(93)81-79-77-75-73-71-69-67-65-63-61-59-57-55-53-51-49-46-41-39-37-35-33-31-29-27-25-23-21-19-17-15-13-11-9-7-2/h9,11,15,17,21,23,27,29,33,35,39,41,49,51,86,90H,6-8,10,12-14,16,18-20,22,24-26,28,30-32,34,36-38,40,42-48,50,52-85H2,1-5H3/b11-9-,17-15-,23-21-,29-27-,35-33-,41-39-,51-49-. The van der Waals surface area contributed by atoms with Crippen LogP contribution >= 0.6 is 0 Å². The number of quaternary nitrogens is 1. The maximum Gasteiger partial charge on any atom is 0.306 e. The molecule has 0 rings (SSSR count). The summed E-state index contributed by atoms with van der Waals surface area (Å²) in [5.41, 5.74) is 0. The SMILES string of the molecule is CC/C=C\C/C=C\C/C=C\C/C=C\C/C=C\C/C=C\C/C=C\CCCCCCCCCCCCCCCC(=O)OC(COC(=O)CCCCCCCCCCCCCCCCCCCCCCCCCCCCCCCCCCCCCCCCC)COC(OCC[N+](C)(C)C)C(=O)[O-]. The van der Waals surface area contributed by atoms with E-state index < -0.39 is 24.3 Å². The minimum absolute atomic E-state index is 0.147. The molecule has 0 bridgehead atoms. The largest absolute Gasteiger partial charge is 0.545 e. The molecule has 0 spiro atoms. The Morgan fingerprint density at radius 3 is 0.859 bits per heavy atom. The molecule has 0 aromatic carbocycles. The number of hydrogen-bond donors (Lipinski definition) is 0. The van der Waals surface area contributed by atoms with E-state index in [1.54, 1.807) is 0 Å². The molecule has 0 saturated heterocycles. The lowest BCUT2D eigenvalue weighted by Crippen LogP contribution is -2.44. The summed E-state index contributed by atoms with van der Waals surface area (Å²) >= 11 is 0. The molecule has 0 amide bonds. The summed E-state index contributed by atoms with van der Waals surface area (Å²) in [5.74, 6) is -2.26. The Hall–Kier alpha value is -3.53. The molecule has 2 unspecified atom stereocenters. The minimum atomic E-state index is -1.62. The maximum absolute atomic E-state index is 13.0. The van der Waals surface area contributed by atoms with Gasteiger partial charge in [-0.15, -0.1) is 0 Å². The average molecular weight is 1390 g/mol. The third kappa shape index (κ3) is 81.6. The van der Waals surface area contributed by atoms with Crippen molar-refractivity contribution in [2.24, 2.45) is 0 Å². The van der Waals surface area contributed by atoms with E-state index in [0.29, 0.717) is 23.9 Å². The summed E-state index contributed by atoms with van der Waals surface area (Å²) in [4.78, 5) is 37.7. The molecule has 0 saturated carbocycles. The normalized spacial score (nSPS) is 13.0. The van der Waals surface area contributed by atoms with Gasteiger partial charge in [0.05, 0.1) is 40.3 Å². The van der Waals surface area contributed by atoms with Crippen LogP contribution in [0.1, 0.15) is 412 Å². The number of hydrogen-bond acceptors (Lipinski definition) is 8. The van der Waals surface area contributed by atoms with Crippen LogP contribution in [0.15, 0.2) is 85.1 Å². The van der Waals surface area contributed by atoms with Crippen LogP contribution in [-0.2, 0) is 33.3 Å². The number of carbonyl (C=O) groups is 3. The number of aliphatic carboxylic acids is 1. The van der Waals surface area contributed by atoms with Crippen LogP contribution in [0, 0.1) is 0 Å². The van der Waals surface area contributed by atoms with E-state index in [-0.39, 0.29) is 32.2 Å². The summed E-state index contributed by atoms with van der Waals surface area (Å²) in [6, 6.07) is 0. The molecule has 0 aromatic heterocycles. The van der Waals surface area contributed by atoms with Gasteiger partial charge in [-0.1, -0.05) is 414 Å². The highest BCUT2D eigenvalue weighted by Crippen LogP contribution is 2.20. The van der Waals surface area contributed by atoms with Crippen LogP contribution in [0.4, 0.5) is 0 Å². The van der Waals surface area contributed by atoms with Gasteiger partial charge in [0.1, 0.15) is 13.2 Å². The molecule has 576 valence electrons. The summed E-state index contributed by atoms with van der Waals surface area (Å²) in [6.45, 7) is 4.70. The van der Waals surface area contributed by atoms with Gasteiger partial charge >= 0.3 is 11.9 Å². The first-order valence-corrected chi connectivity index (χ1v) is 42.7. The van der Waals surface area contributed by atoms with E-state index in [1.807, 2.05) is 21.1 Å². The van der Waals surface area contributed by atoms with Crippen molar-refractivity contribution in [3.05, 3.63) is 85.1 Å². The lowest BCUT2D eigenvalue weighted by atomic mass is 10.0. The third-order valence-electron chi connectivity index (χ3n) is 19.2. The van der Waals surface area contributed by atoms with Crippen LogP contribution in [0.3, 0.4) is 0 Å². The van der Waals surface area contributed by atoms with Crippen molar-refractivity contribution >= 4 is 17.9 Å². The van der Waals surface area contributed by atoms with E-state index in [9.17, 15) is 19.5 Å². The number of rotatable bonds is 80. The zero-order valence-corrected chi connectivity index (χ0v) is 66.1. The number of nitrogens with zero attached hydrogens (tertiary/aromatic N) is 1. The fourth-order valence-corrected chi connectivity index (χ4v) is 12.7. The average Bonchev–Trinajstić information content (AvgIpc) is 1.16. The smallest absolute Gasteiger partial charge is 0.306 e. The highest BCUT2D eigenvalue weighted by atomic mass is 16.7. The monoisotopic (exact) mass is 1390 g/mol. The minimum Gasteiger partial charge on any atom is -0.545 e. The van der Waals surface area contributed by atoms with Crippen molar-refractivity contribution in [3.8, 4) is 0 Å². The Morgan fingerprint density at radius 1 is 0.313 bits per heavy atom.